The van der Waals surface area contributed by atoms with Crippen LogP contribution in [-0.2, 0) is 16.2 Å². The normalized spacial score (nSPS) is 11.2. The van der Waals surface area contributed by atoms with E-state index in [-0.39, 0.29) is 31.1 Å². The highest BCUT2D eigenvalue weighted by atomic mass is 19.1. The van der Waals surface area contributed by atoms with E-state index in [1.807, 2.05) is 24.3 Å². The molecular formula is C25H22FN3O4. The van der Waals surface area contributed by atoms with E-state index in [9.17, 15) is 14.4 Å². The van der Waals surface area contributed by atoms with Gasteiger partial charge in [0.1, 0.15) is 19.0 Å². The van der Waals surface area contributed by atoms with Gasteiger partial charge in [0, 0.05) is 0 Å². The van der Waals surface area contributed by atoms with Gasteiger partial charge >= 0.3 is 5.97 Å². The first kappa shape index (κ1) is 23.4. The van der Waals surface area contributed by atoms with Gasteiger partial charge in [0.15, 0.2) is 11.6 Å². The van der Waals surface area contributed by atoms with Crippen LogP contribution < -0.4 is 15.4 Å². The molecular weight excluding hydrogens is 425 g/mol. The Morgan fingerprint density at radius 2 is 1.79 bits per heavy atom. The first-order valence-corrected chi connectivity index (χ1v) is 10.1. The molecule has 1 unspecified atom stereocenters. The smallest absolute Gasteiger partial charge is 0.326 e. The quantitative estimate of drug-likeness (QED) is 0.354. The SMILES string of the molecule is N#CC(CC(=O)ON)c1ccc(OCc2ccc(OCC(=N)c3ccccc3)c(F)c2)cc1. The highest BCUT2D eigenvalue weighted by molar-refractivity contribution is 5.99. The molecule has 33 heavy (non-hydrogen) atoms. The van der Waals surface area contributed by atoms with Gasteiger partial charge in [-0.3, -0.25) is 4.79 Å². The number of carbonyl (C=O) groups excluding carboxylic acids is 1. The van der Waals surface area contributed by atoms with Crippen molar-refractivity contribution in [3.05, 3.63) is 95.3 Å². The van der Waals surface area contributed by atoms with Crippen molar-refractivity contribution in [3.63, 3.8) is 0 Å². The molecule has 0 spiro atoms. The Bertz CT molecular complexity index is 1140. The topological polar surface area (TPSA) is 118 Å². The summed E-state index contributed by atoms with van der Waals surface area (Å²) in [6, 6.07) is 22.3. The van der Waals surface area contributed by atoms with Crippen molar-refractivity contribution in [1.82, 2.24) is 0 Å². The molecule has 0 fully saturated rings. The summed E-state index contributed by atoms with van der Waals surface area (Å²) < 4.78 is 25.5. The van der Waals surface area contributed by atoms with Gasteiger partial charge < -0.3 is 19.7 Å². The molecule has 3 N–H and O–H groups in total. The largest absolute Gasteiger partial charge is 0.489 e. The number of halogens is 1. The lowest BCUT2D eigenvalue weighted by molar-refractivity contribution is -0.144. The Kier molecular flexibility index (Phi) is 8.11. The van der Waals surface area contributed by atoms with Crippen LogP contribution in [0.1, 0.15) is 29.0 Å². The van der Waals surface area contributed by atoms with E-state index < -0.39 is 17.7 Å². The molecule has 1 atom stereocenters. The number of nitrogens with two attached hydrogens (primary N) is 1. The molecule has 0 saturated carbocycles. The zero-order valence-electron chi connectivity index (χ0n) is 17.7. The molecule has 0 amide bonds. The highest BCUT2D eigenvalue weighted by Crippen LogP contribution is 2.24. The fourth-order valence-electron chi connectivity index (χ4n) is 3.04. The molecule has 0 aromatic heterocycles. The third-order valence-corrected chi connectivity index (χ3v) is 4.84. The van der Waals surface area contributed by atoms with Crippen LogP contribution in [-0.4, -0.2) is 18.3 Å². The fourth-order valence-corrected chi connectivity index (χ4v) is 3.04. The third kappa shape index (κ3) is 6.63. The second-order valence-electron chi connectivity index (χ2n) is 7.13. The maximum Gasteiger partial charge on any atom is 0.326 e. The lowest BCUT2D eigenvalue weighted by atomic mass is 9.97. The van der Waals surface area contributed by atoms with Gasteiger partial charge in [-0.25, -0.2) is 4.39 Å². The Balaban J connectivity index is 1.54. The van der Waals surface area contributed by atoms with Crippen molar-refractivity contribution in [3.8, 4) is 17.6 Å². The number of hydrogen-bond acceptors (Lipinski definition) is 7. The second-order valence-corrected chi connectivity index (χ2v) is 7.13. The molecule has 0 saturated heterocycles. The average molecular weight is 447 g/mol. The van der Waals surface area contributed by atoms with E-state index in [0.29, 0.717) is 22.4 Å². The van der Waals surface area contributed by atoms with Crippen LogP contribution in [0.25, 0.3) is 0 Å². The lowest BCUT2D eigenvalue weighted by Crippen LogP contribution is -2.13. The molecule has 3 aromatic rings. The van der Waals surface area contributed by atoms with Crippen LogP contribution in [0.2, 0.25) is 0 Å². The Hall–Kier alpha value is -4.22. The van der Waals surface area contributed by atoms with Crippen molar-refractivity contribution in [1.29, 1.82) is 10.7 Å². The molecule has 0 aliphatic rings. The molecule has 7 nitrogen and oxygen atoms in total. The standard InChI is InChI=1S/C25H22FN3O4/c26-22-12-17(6-11-24(22)32-16-23(28)19-4-2-1-3-5-19)15-31-21-9-7-18(8-10-21)20(14-27)13-25(30)33-29/h1-12,20,28H,13,15-16,29H2. The van der Waals surface area contributed by atoms with Crippen molar-refractivity contribution in [2.45, 2.75) is 18.9 Å². The van der Waals surface area contributed by atoms with E-state index in [0.717, 1.165) is 0 Å². The molecule has 0 aliphatic heterocycles. The summed E-state index contributed by atoms with van der Waals surface area (Å²) in [5.74, 6) is 3.50. The minimum atomic E-state index is -0.680. The first-order valence-electron chi connectivity index (χ1n) is 10.1. The summed E-state index contributed by atoms with van der Waals surface area (Å²) in [4.78, 5) is 15.4. The predicted molar refractivity (Wildman–Crippen MR) is 119 cm³/mol. The molecule has 0 aliphatic carbocycles. The Morgan fingerprint density at radius 1 is 1.06 bits per heavy atom. The summed E-state index contributed by atoms with van der Waals surface area (Å²) >= 11 is 0. The predicted octanol–water partition coefficient (Wildman–Crippen LogP) is 4.27. The lowest BCUT2D eigenvalue weighted by Gasteiger charge is -2.12. The van der Waals surface area contributed by atoms with Gasteiger partial charge in [0.2, 0.25) is 0 Å². The number of hydrogen-bond donors (Lipinski definition) is 2. The summed E-state index contributed by atoms with van der Waals surface area (Å²) in [6.45, 7) is 0.0768. The summed E-state index contributed by atoms with van der Waals surface area (Å²) in [5, 5.41) is 17.3. The minimum Gasteiger partial charge on any atom is -0.489 e. The second kappa shape index (κ2) is 11.4. The number of nitriles is 1. The van der Waals surface area contributed by atoms with Crippen LogP contribution in [0.5, 0.6) is 11.5 Å². The number of nitrogens with zero attached hydrogens (tertiary/aromatic N) is 1. The maximum absolute atomic E-state index is 14.4. The van der Waals surface area contributed by atoms with Gasteiger partial charge in [-0.15, -0.1) is 0 Å². The Morgan fingerprint density at radius 3 is 2.42 bits per heavy atom. The monoisotopic (exact) mass is 447 g/mol. The van der Waals surface area contributed by atoms with Crippen LogP contribution in [0.15, 0.2) is 72.8 Å². The summed E-state index contributed by atoms with van der Waals surface area (Å²) in [5.41, 5.74) is 2.20. The Labute approximate surface area is 190 Å². The van der Waals surface area contributed by atoms with Gasteiger partial charge in [-0.1, -0.05) is 48.5 Å². The zero-order valence-corrected chi connectivity index (χ0v) is 17.7. The summed E-state index contributed by atoms with van der Waals surface area (Å²) in [6.07, 6.45) is -0.147. The van der Waals surface area contributed by atoms with E-state index in [2.05, 4.69) is 4.84 Å². The average Bonchev–Trinajstić information content (AvgIpc) is 2.86. The number of benzene rings is 3. The van der Waals surface area contributed by atoms with Gasteiger partial charge in [0.25, 0.3) is 0 Å². The maximum atomic E-state index is 14.4. The van der Waals surface area contributed by atoms with E-state index in [1.54, 1.807) is 42.5 Å². The van der Waals surface area contributed by atoms with Crippen LogP contribution in [0, 0.1) is 22.6 Å². The molecule has 0 bridgehead atoms. The first-order chi connectivity index (χ1) is 16.0. The van der Waals surface area contributed by atoms with Gasteiger partial charge in [0.05, 0.1) is 24.1 Å². The van der Waals surface area contributed by atoms with Gasteiger partial charge in [-0.05, 0) is 41.0 Å². The van der Waals surface area contributed by atoms with E-state index in [4.69, 9.17) is 20.8 Å². The number of carbonyl (C=O) groups is 1. The van der Waals surface area contributed by atoms with Crippen LogP contribution in [0.3, 0.4) is 0 Å². The molecule has 0 radical (unpaired) electrons. The number of rotatable bonds is 10. The van der Waals surface area contributed by atoms with Crippen LogP contribution >= 0.6 is 0 Å². The minimum absolute atomic E-state index is 0.0458. The summed E-state index contributed by atoms with van der Waals surface area (Å²) in [7, 11) is 0. The van der Waals surface area contributed by atoms with Crippen molar-refractivity contribution < 1.29 is 23.5 Å². The van der Waals surface area contributed by atoms with Crippen molar-refractivity contribution in [2.24, 2.45) is 5.90 Å². The molecule has 3 rings (SSSR count). The van der Waals surface area contributed by atoms with E-state index in [1.165, 1.54) is 12.1 Å². The fraction of sp³-hybridized carbons (Fsp3) is 0.160. The highest BCUT2D eigenvalue weighted by Gasteiger charge is 2.16. The van der Waals surface area contributed by atoms with Crippen LogP contribution in [0.4, 0.5) is 4.39 Å². The molecule has 168 valence electrons. The van der Waals surface area contributed by atoms with Crippen molar-refractivity contribution in [2.75, 3.05) is 6.61 Å². The molecule has 0 heterocycles. The zero-order chi connectivity index (χ0) is 23.6. The number of nitrogens with one attached hydrogen (secondary N) is 1. The third-order valence-electron chi connectivity index (χ3n) is 4.84. The number of ether oxygens (including phenoxy) is 2. The van der Waals surface area contributed by atoms with Gasteiger partial charge in [-0.2, -0.15) is 11.2 Å². The van der Waals surface area contributed by atoms with Crippen molar-refractivity contribution >= 4 is 11.7 Å². The molecule has 8 heteroatoms. The van der Waals surface area contributed by atoms with E-state index >= 15 is 0 Å². The molecule has 3 aromatic carbocycles.